The van der Waals surface area contributed by atoms with Crippen LogP contribution >= 0.6 is 0 Å². The highest BCUT2D eigenvalue weighted by atomic mass is 16.5. The molecule has 0 saturated carbocycles. The number of hydrogen-bond donors (Lipinski definition) is 2. The van der Waals surface area contributed by atoms with Gasteiger partial charge in [0.25, 0.3) is 0 Å². The Morgan fingerprint density at radius 1 is 1.12 bits per heavy atom. The van der Waals surface area contributed by atoms with E-state index >= 15 is 0 Å². The second-order valence-corrected chi connectivity index (χ2v) is 6.72. The SMILES string of the molecule is COc1ccc(C(C)(C)C(=O)NCCc2c[nH]c3ccccc23)cc1. The molecule has 3 aromatic rings. The summed E-state index contributed by atoms with van der Waals surface area (Å²) in [5.41, 5.74) is 2.73. The number of carbonyl (C=O) groups excluding carboxylic acids is 1. The highest BCUT2D eigenvalue weighted by molar-refractivity contribution is 5.87. The quantitative estimate of drug-likeness (QED) is 0.719. The molecule has 3 rings (SSSR count). The van der Waals surface area contributed by atoms with Gasteiger partial charge >= 0.3 is 0 Å². The first-order chi connectivity index (χ1) is 12.0. The Kier molecular flexibility index (Phi) is 4.79. The zero-order valence-corrected chi connectivity index (χ0v) is 14.9. The summed E-state index contributed by atoms with van der Waals surface area (Å²) in [6, 6.07) is 15.9. The second kappa shape index (κ2) is 7.01. The average Bonchev–Trinajstić information content (AvgIpc) is 3.05. The van der Waals surface area contributed by atoms with Crippen molar-refractivity contribution in [3.63, 3.8) is 0 Å². The minimum Gasteiger partial charge on any atom is -0.497 e. The molecular weight excluding hydrogens is 312 g/mol. The van der Waals surface area contributed by atoms with Crippen molar-refractivity contribution < 1.29 is 9.53 Å². The fourth-order valence-electron chi connectivity index (χ4n) is 3.01. The van der Waals surface area contributed by atoms with Crippen LogP contribution in [0.25, 0.3) is 10.9 Å². The minimum absolute atomic E-state index is 0.0255. The monoisotopic (exact) mass is 336 g/mol. The Morgan fingerprint density at radius 3 is 2.56 bits per heavy atom. The first kappa shape index (κ1) is 17.1. The molecule has 0 aliphatic heterocycles. The molecule has 2 N–H and O–H groups in total. The molecule has 4 nitrogen and oxygen atoms in total. The van der Waals surface area contributed by atoms with E-state index in [0.717, 1.165) is 23.3 Å². The summed E-state index contributed by atoms with van der Waals surface area (Å²) < 4.78 is 5.18. The number of aromatic amines is 1. The number of fused-ring (bicyclic) bond motifs is 1. The second-order valence-electron chi connectivity index (χ2n) is 6.72. The van der Waals surface area contributed by atoms with Crippen molar-refractivity contribution in [3.8, 4) is 5.75 Å². The van der Waals surface area contributed by atoms with Crippen LogP contribution in [0.15, 0.2) is 54.7 Å². The lowest BCUT2D eigenvalue weighted by molar-refractivity contribution is -0.125. The molecule has 0 aliphatic carbocycles. The summed E-state index contributed by atoms with van der Waals surface area (Å²) in [4.78, 5) is 15.9. The van der Waals surface area contributed by atoms with E-state index in [1.807, 2.05) is 56.4 Å². The molecule has 0 aliphatic rings. The van der Waals surface area contributed by atoms with Gasteiger partial charge in [-0.3, -0.25) is 4.79 Å². The van der Waals surface area contributed by atoms with E-state index in [1.165, 1.54) is 10.9 Å². The predicted molar refractivity (Wildman–Crippen MR) is 101 cm³/mol. The van der Waals surface area contributed by atoms with Crippen molar-refractivity contribution >= 4 is 16.8 Å². The number of rotatable bonds is 6. The number of carbonyl (C=O) groups is 1. The van der Waals surface area contributed by atoms with E-state index in [9.17, 15) is 4.79 Å². The van der Waals surface area contributed by atoms with Gasteiger partial charge in [-0.1, -0.05) is 30.3 Å². The maximum absolute atomic E-state index is 12.7. The summed E-state index contributed by atoms with van der Waals surface area (Å²) in [6.45, 7) is 4.49. The van der Waals surface area contributed by atoms with Crippen LogP contribution in [0.4, 0.5) is 0 Å². The number of para-hydroxylation sites is 1. The Hall–Kier alpha value is -2.75. The smallest absolute Gasteiger partial charge is 0.230 e. The minimum atomic E-state index is -0.591. The maximum atomic E-state index is 12.7. The van der Waals surface area contributed by atoms with E-state index in [2.05, 4.69) is 22.4 Å². The van der Waals surface area contributed by atoms with Crippen LogP contribution in [-0.4, -0.2) is 24.5 Å². The lowest BCUT2D eigenvalue weighted by atomic mass is 9.83. The molecular formula is C21H24N2O2. The predicted octanol–water partition coefficient (Wildman–Crippen LogP) is 3.81. The highest BCUT2D eigenvalue weighted by Gasteiger charge is 2.29. The topological polar surface area (TPSA) is 54.1 Å². The number of methoxy groups -OCH3 is 1. The van der Waals surface area contributed by atoms with Crippen molar-refractivity contribution in [2.24, 2.45) is 0 Å². The average molecular weight is 336 g/mol. The normalized spacial score (nSPS) is 11.5. The largest absolute Gasteiger partial charge is 0.497 e. The molecule has 0 unspecified atom stereocenters. The number of aromatic nitrogens is 1. The van der Waals surface area contributed by atoms with Gasteiger partial charge in [0.15, 0.2) is 0 Å². The Morgan fingerprint density at radius 2 is 1.84 bits per heavy atom. The van der Waals surface area contributed by atoms with Gasteiger partial charge in [0.1, 0.15) is 5.75 Å². The van der Waals surface area contributed by atoms with Crippen molar-refractivity contribution in [2.45, 2.75) is 25.7 Å². The first-order valence-corrected chi connectivity index (χ1v) is 8.50. The Balaban J connectivity index is 1.63. The molecule has 1 heterocycles. The van der Waals surface area contributed by atoms with Gasteiger partial charge in [0, 0.05) is 23.6 Å². The summed E-state index contributed by atoms with van der Waals surface area (Å²) in [5, 5.41) is 4.28. The summed E-state index contributed by atoms with van der Waals surface area (Å²) in [7, 11) is 1.64. The van der Waals surface area contributed by atoms with Crippen LogP contribution in [0.3, 0.4) is 0 Å². The number of H-pyrrole nitrogens is 1. The van der Waals surface area contributed by atoms with Crippen LogP contribution in [0, 0.1) is 0 Å². The third-order valence-electron chi connectivity index (χ3n) is 4.73. The first-order valence-electron chi connectivity index (χ1n) is 8.50. The summed E-state index contributed by atoms with van der Waals surface area (Å²) in [6.07, 6.45) is 2.82. The maximum Gasteiger partial charge on any atom is 0.230 e. The number of hydrogen-bond acceptors (Lipinski definition) is 2. The number of nitrogens with one attached hydrogen (secondary N) is 2. The molecule has 1 aromatic heterocycles. The molecule has 2 aromatic carbocycles. The molecule has 0 atom stereocenters. The van der Waals surface area contributed by atoms with E-state index < -0.39 is 5.41 Å². The molecule has 25 heavy (non-hydrogen) atoms. The van der Waals surface area contributed by atoms with E-state index in [4.69, 9.17) is 4.74 Å². The van der Waals surface area contributed by atoms with Gasteiger partial charge in [-0.25, -0.2) is 0 Å². The van der Waals surface area contributed by atoms with Crippen molar-refractivity contribution in [2.75, 3.05) is 13.7 Å². The molecule has 130 valence electrons. The molecule has 0 spiro atoms. The number of amides is 1. The van der Waals surface area contributed by atoms with Crippen LogP contribution in [0.1, 0.15) is 25.0 Å². The van der Waals surface area contributed by atoms with Gasteiger partial charge in [0.2, 0.25) is 5.91 Å². The van der Waals surface area contributed by atoms with Gasteiger partial charge < -0.3 is 15.0 Å². The molecule has 0 radical (unpaired) electrons. The van der Waals surface area contributed by atoms with E-state index in [0.29, 0.717) is 6.54 Å². The molecule has 4 heteroatoms. The van der Waals surface area contributed by atoms with Gasteiger partial charge in [0.05, 0.1) is 12.5 Å². The van der Waals surface area contributed by atoms with Crippen molar-refractivity contribution in [1.82, 2.24) is 10.3 Å². The third-order valence-corrected chi connectivity index (χ3v) is 4.73. The molecule has 0 saturated heterocycles. The third kappa shape index (κ3) is 3.53. The number of benzene rings is 2. The van der Waals surface area contributed by atoms with E-state index in [1.54, 1.807) is 7.11 Å². The van der Waals surface area contributed by atoms with Crippen LogP contribution < -0.4 is 10.1 Å². The van der Waals surface area contributed by atoms with Crippen LogP contribution in [0.5, 0.6) is 5.75 Å². The van der Waals surface area contributed by atoms with Gasteiger partial charge in [-0.15, -0.1) is 0 Å². The zero-order valence-electron chi connectivity index (χ0n) is 14.9. The fourth-order valence-corrected chi connectivity index (χ4v) is 3.01. The van der Waals surface area contributed by atoms with Crippen LogP contribution in [-0.2, 0) is 16.6 Å². The number of ether oxygens (including phenoxy) is 1. The van der Waals surface area contributed by atoms with Crippen molar-refractivity contribution in [1.29, 1.82) is 0 Å². The lowest BCUT2D eigenvalue weighted by Gasteiger charge is -2.24. The van der Waals surface area contributed by atoms with Crippen molar-refractivity contribution in [3.05, 3.63) is 65.9 Å². The lowest BCUT2D eigenvalue weighted by Crippen LogP contribution is -2.40. The zero-order chi connectivity index (χ0) is 17.9. The van der Waals surface area contributed by atoms with Gasteiger partial charge in [-0.2, -0.15) is 0 Å². The molecule has 1 amide bonds. The van der Waals surface area contributed by atoms with Crippen LogP contribution in [0.2, 0.25) is 0 Å². The molecule has 0 fully saturated rings. The Bertz CT molecular complexity index is 863. The standard InChI is InChI=1S/C21H24N2O2/c1-21(2,16-8-10-17(25-3)11-9-16)20(24)22-13-12-15-14-23-19-7-5-4-6-18(15)19/h4-11,14,23H,12-13H2,1-3H3,(H,22,24). The molecule has 0 bridgehead atoms. The highest BCUT2D eigenvalue weighted by Crippen LogP contribution is 2.25. The van der Waals surface area contributed by atoms with Gasteiger partial charge in [-0.05, 0) is 49.6 Å². The fraction of sp³-hybridized carbons (Fsp3) is 0.286. The Labute approximate surface area is 148 Å². The summed E-state index contributed by atoms with van der Waals surface area (Å²) in [5.74, 6) is 0.816. The van der Waals surface area contributed by atoms with E-state index in [-0.39, 0.29) is 5.91 Å². The summed E-state index contributed by atoms with van der Waals surface area (Å²) >= 11 is 0.